The van der Waals surface area contributed by atoms with Crippen LogP contribution in [0.3, 0.4) is 0 Å². The molecule has 1 aliphatic heterocycles. The highest BCUT2D eigenvalue weighted by molar-refractivity contribution is 5.89. The van der Waals surface area contributed by atoms with E-state index in [9.17, 15) is 13.6 Å². The standard InChI is InChI=1S/C20H19F2N7O/c21-16-2-1-15(13-17(16)22)25-20(30)29-11-9-28(10-12-29)19-4-3-18(26-27-19)24-14-5-7-23-8-6-14/h1-8,13H,9-12H2,(H,25,30)(H,23,24,26). The molecule has 0 bridgehead atoms. The molecular weight excluding hydrogens is 392 g/mol. The maximum absolute atomic E-state index is 13.3. The first-order valence-corrected chi connectivity index (χ1v) is 9.35. The topological polar surface area (TPSA) is 86.3 Å². The molecule has 0 unspecified atom stereocenters. The van der Waals surface area contributed by atoms with Crippen LogP contribution in [-0.4, -0.2) is 52.3 Å². The summed E-state index contributed by atoms with van der Waals surface area (Å²) in [5.41, 5.74) is 1.08. The van der Waals surface area contributed by atoms with E-state index in [1.807, 2.05) is 29.2 Å². The van der Waals surface area contributed by atoms with Gasteiger partial charge in [-0.15, -0.1) is 10.2 Å². The largest absolute Gasteiger partial charge is 0.352 e. The van der Waals surface area contributed by atoms with E-state index in [1.165, 1.54) is 6.07 Å². The molecule has 2 amide bonds. The fourth-order valence-electron chi connectivity index (χ4n) is 3.06. The zero-order valence-electron chi connectivity index (χ0n) is 15.9. The zero-order chi connectivity index (χ0) is 20.9. The van der Waals surface area contributed by atoms with Crippen molar-refractivity contribution in [2.24, 2.45) is 0 Å². The number of carbonyl (C=O) groups is 1. The Bertz CT molecular complexity index is 1010. The van der Waals surface area contributed by atoms with Gasteiger partial charge < -0.3 is 20.4 Å². The lowest BCUT2D eigenvalue weighted by molar-refractivity contribution is 0.208. The fourth-order valence-corrected chi connectivity index (χ4v) is 3.06. The van der Waals surface area contributed by atoms with Gasteiger partial charge in [0, 0.05) is 56.0 Å². The van der Waals surface area contributed by atoms with Crippen LogP contribution in [0.25, 0.3) is 0 Å². The third kappa shape index (κ3) is 4.59. The number of piperazine rings is 1. The number of anilines is 4. The second kappa shape index (κ2) is 8.68. The molecule has 0 radical (unpaired) electrons. The van der Waals surface area contributed by atoms with Crippen LogP contribution >= 0.6 is 0 Å². The summed E-state index contributed by atoms with van der Waals surface area (Å²) in [6.07, 6.45) is 3.37. The molecular formula is C20H19F2N7O. The summed E-state index contributed by atoms with van der Waals surface area (Å²) in [7, 11) is 0. The second-order valence-electron chi connectivity index (χ2n) is 6.67. The molecule has 1 fully saturated rings. The smallest absolute Gasteiger partial charge is 0.321 e. The summed E-state index contributed by atoms with van der Waals surface area (Å²) in [6, 6.07) is 10.3. The molecule has 1 aliphatic rings. The predicted octanol–water partition coefficient (Wildman–Crippen LogP) is 3.25. The van der Waals surface area contributed by atoms with Gasteiger partial charge in [0.2, 0.25) is 0 Å². The van der Waals surface area contributed by atoms with Gasteiger partial charge in [0.25, 0.3) is 0 Å². The molecule has 0 atom stereocenters. The van der Waals surface area contributed by atoms with Crippen molar-refractivity contribution in [1.82, 2.24) is 20.1 Å². The Balaban J connectivity index is 1.30. The van der Waals surface area contributed by atoms with Crippen molar-refractivity contribution in [3.05, 3.63) is 66.5 Å². The van der Waals surface area contributed by atoms with Gasteiger partial charge in [-0.2, -0.15) is 0 Å². The van der Waals surface area contributed by atoms with Gasteiger partial charge in [0.05, 0.1) is 0 Å². The van der Waals surface area contributed by atoms with Crippen LogP contribution in [0.15, 0.2) is 54.9 Å². The van der Waals surface area contributed by atoms with E-state index in [2.05, 4.69) is 25.8 Å². The molecule has 1 saturated heterocycles. The van der Waals surface area contributed by atoms with Gasteiger partial charge in [-0.05, 0) is 36.4 Å². The van der Waals surface area contributed by atoms with E-state index in [4.69, 9.17) is 0 Å². The van der Waals surface area contributed by atoms with Crippen LogP contribution in [0, 0.1) is 11.6 Å². The quantitative estimate of drug-likeness (QED) is 0.686. The SMILES string of the molecule is O=C(Nc1ccc(F)c(F)c1)N1CCN(c2ccc(Nc3ccncc3)nn2)CC1. The van der Waals surface area contributed by atoms with Gasteiger partial charge >= 0.3 is 6.03 Å². The van der Waals surface area contributed by atoms with Crippen LogP contribution in [0.2, 0.25) is 0 Å². The normalized spacial score (nSPS) is 13.8. The minimum atomic E-state index is -1.00. The summed E-state index contributed by atoms with van der Waals surface area (Å²) in [5.74, 6) is -0.617. The molecule has 3 heterocycles. The number of carbonyl (C=O) groups excluding carboxylic acids is 1. The molecule has 0 aliphatic carbocycles. The molecule has 4 rings (SSSR count). The second-order valence-corrected chi connectivity index (χ2v) is 6.67. The van der Waals surface area contributed by atoms with Crippen molar-refractivity contribution in [2.45, 2.75) is 0 Å². The number of aromatic nitrogens is 3. The van der Waals surface area contributed by atoms with E-state index < -0.39 is 11.6 Å². The van der Waals surface area contributed by atoms with E-state index in [0.29, 0.717) is 32.0 Å². The van der Waals surface area contributed by atoms with Gasteiger partial charge in [-0.3, -0.25) is 4.98 Å². The monoisotopic (exact) mass is 411 g/mol. The Morgan fingerprint density at radius 1 is 0.867 bits per heavy atom. The summed E-state index contributed by atoms with van der Waals surface area (Å²) in [5, 5.41) is 14.2. The highest BCUT2D eigenvalue weighted by Gasteiger charge is 2.22. The fraction of sp³-hybridized carbons (Fsp3) is 0.200. The molecule has 2 aromatic heterocycles. The van der Waals surface area contributed by atoms with E-state index in [1.54, 1.807) is 17.3 Å². The van der Waals surface area contributed by atoms with E-state index in [0.717, 1.165) is 23.6 Å². The van der Waals surface area contributed by atoms with Crippen LogP contribution in [0.4, 0.5) is 36.6 Å². The summed E-state index contributed by atoms with van der Waals surface area (Å²) in [6.45, 7) is 2.09. The van der Waals surface area contributed by atoms with Crippen molar-refractivity contribution in [2.75, 3.05) is 41.7 Å². The lowest BCUT2D eigenvalue weighted by Crippen LogP contribution is -2.50. The van der Waals surface area contributed by atoms with Crippen LogP contribution in [0.5, 0.6) is 0 Å². The van der Waals surface area contributed by atoms with Gasteiger partial charge in [0.15, 0.2) is 23.3 Å². The first-order chi connectivity index (χ1) is 14.6. The number of amides is 2. The van der Waals surface area contributed by atoms with Gasteiger partial charge in [-0.1, -0.05) is 0 Å². The molecule has 3 aromatic rings. The van der Waals surface area contributed by atoms with Crippen molar-refractivity contribution < 1.29 is 13.6 Å². The molecule has 0 saturated carbocycles. The Labute approximate surface area is 171 Å². The van der Waals surface area contributed by atoms with Crippen LogP contribution in [-0.2, 0) is 0 Å². The first-order valence-electron chi connectivity index (χ1n) is 9.35. The zero-order valence-corrected chi connectivity index (χ0v) is 15.9. The number of hydrogen-bond acceptors (Lipinski definition) is 6. The number of halogens is 2. The minimum Gasteiger partial charge on any atom is -0.352 e. The number of rotatable bonds is 4. The number of urea groups is 1. The molecule has 0 spiro atoms. The third-order valence-electron chi connectivity index (χ3n) is 4.66. The van der Waals surface area contributed by atoms with Crippen molar-refractivity contribution in [1.29, 1.82) is 0 Å². The lowest BCUT2D eigenvalue weighted by atomic mass is 10.3. The van der Waals surface area contributed by atoms with Crippen molar-refractivity contribution >= 4 is 29.0 Å². The van der Waals surface area contributed by atoms with Crippen LogP contribution in [0.1, 0.15) is 0 Å². The third-order valence-corrected chi connectivity index (χ3v) is 4.66. The van der Waals surface area contributed by atoms with E-state index in [-0.39, 0.29) is 11.7 Å². The average molecular weight is 411 g/mol. The predicted molar refractivity (Wildman–Crippen MR) is 109 cm³/mol. The maximum atomic E-state index is 13.3. The Hall–Kier alpha value is -3.82. The molecule has 10 heteroatoms. The summed E-state index contributed by atoms with van der Waals surface area (Å²) < 4.78 is 26.3. The number of pyridine rings is 1. The Kier molecular flexibility index (Phi) is 5.64. The summed E-state index contributed by atoms with van der Waals surface area (Å²) >= 11 is 0. The van der Waals surface area contributed by atoms with Crippen molar-refractivity contribution in [3.8, 4) is 0 Å². The molecule has 1 aromatic carbocycles. The number of nitrogens with zero attached hydrogens (tertiary/aromatic N) is 5. The number of hydrogen-bond donors (Lipinski definition) is 2. The minimum absolute atomic E-state index is 0.212. The lowest BCUT2D eigenvalue weighted by Gasteiger charge is -2.35. The summed E-state index contributed by atoms with van der Waals surface area (Å²) in [4.78, 5) is 20.0. The number of benzene rings is 1. The number of nitrogens with one attached hydrogen (secondary N) is 2. The Morgan fingerprint density at radius 2 is 1.63 bits per heavy atom. The molecule has 154 valence electrons. The van der Waals surface area contributed by atoms with Crippen molar-refractivity contribution in [3.63, 3.8) is 0 Å². The van der Waals surface area contributed by atoms with Gasteiger partial charge in [0.1, 0.15) is 0 Å². The first kappa shape index (κ1) is 19.5. The highest BCUT2D eigenvalue weighted by Crippen LogP contribution is 2.18. The van der Waals surface area contributed by atoms with Gasteiger partial charge in [-0.25, -0.2) is 13.6 Å². The molecule has 30 heavy (non-hydrogen) atoms. The highest BCUT2D eigenvalue weighted by atomic mass is 19.2. The average Bonchev–Trinajstić information content (AvgIpc) is 2.78. The Morgan fingerprint density at radius 3 is 2.30 bits per heavy atom. The van der Waals surface area contributed by atoms with E-state index >= 15 is 0 Å². The maximum Gasteiger partial charge on any atom is 0.321 e. The molecule has 2 N–H and O–H groups in total. The molecule has 8 nitrogen and oxygen atoms in total. The van der Waals surface area contributed by atoms with Crippen LogP contribution < -0.4 is 15.5 Å².